The first-order valence-electron chi connectivity index (χ1n) is 19.6. The fraction of sp³-hybridized carbons (Fsp3) is 0. The van der Waals surface area contributed by atoms with E-state index < -0.39 is 0 Å². The third kappa shape index (κ3) is 4.73. The van der Waals surface area contributed by atoms with Gasteiger partial charge in [0.25, 0.3) is 0 Å². The van der Waals surface area contributed by atoms with Crippen molar-refractivity contribution in [2.75, 3.05) is 0 Å². The summed E-state index contributed by atoms with van der Waals surface area (Å²) in [6, 6.07) is 77.4. The Balaban J connectivity index is 1.10. The van der Waals surface area contributed by atoms with Crippen molar-refractivity contribution in [3.05, 3.63) is 212 Å². The van der Waals surface area contributed by atoms with Gasteiger partial charge >= 0.3 is 0 Å². The number of rotatable bonds is 5. The molecule has 12 aromatic rings. The van der Waals surface area contributed by atoms with Gasteiger partial charge in [-0.05, 0) is 82.9 Å². The molecule has 0 fully saturated rings. The van der Waals surface area contributed by atoms with E-state index in [1.54, 1.807) is 0 Å². The molecule has 0 aliphatic rings. The minimum Gasteiger partial charge on any atom is -0.309 e. The van der Waals surface area contributed by atoms with Gasteiger partial charge in [-0.1, -0.05) is 152 Å². The molecule has 0 unspecified atom stereocenters. The summed E-state index contributed by atoms with van der Waals surface area (Å²) in [6.07, 6.45) is 0. The standard InChI is InChI=1S/C54H35N3/c1-3-15-36(16-4-1)37-29-31-40(32-30-37)55-50-27-12-9-23-47(50)52-42(24-14-28-51(52)55)38-17-13-20-41(35-38)57-49-26-11-8-22-44(49)46-34-33-45-43-21-7-10-25-48(43)56(53(45)54(46)57)39-18-5-2-6-19-39/h1-35H. The van der Waals surface area contributed by atoms with Crippen molar-refractivity contribution in [1.82, 2.24) is 13.7 Å². The molecule has 12 rings (SSSR count). The molecular weight excluding hydrogens is 691 g/mol. The van der Waals surface area contributed by atoms with Crippen molar-refractivity contribution in [2.24, 2.45) is 0 Å². The summed E-state index contributed by atoms with van der Waals surface area (Å²) in [6.45, 7) is 0. The lowest BCUT2D eigenvalue weighted by molar-refractivity contribution is 1.15. The minimum absolute atomic E-state index is 1.13. The zero-order chi connectivity index (χ0) is 37.5. The average molecular weight is 726 g/mol. The summed E-state index contributed by atoms with van der Waals surface area (Å²) < 4.78 is 7.36. The number of hydrogen-bond donors (Lipinski definition) is 0. The predicted molar refractivity (Wildman–Crippen MR) is 240 cm³/mol. The Bertz CT molecular complexity index is 3490. The highest BCUT2D eigenvalue weighted by Gasteiger charge is 2.22. The molecule has 0 aliphatic heterocycles. The van der Waals surface area contributed by atoms with Crippen LogP contribution in [0.2, 0.25) is 0 Å². The Kier molecular flexibility index (Phi) is 6.93. The van der Waals surface area contributed by atoms with Crippen LogP contribution in [-0.2, 0) is 0 Å². The highest BCUT2D eigenvalue weighted by atomic mass is 15.0. The van der Waals surface area contributed by atoms with E-state index in [9.17, 15) is 0 Å². The van der Waals surface area contributed by atoms with Crippen LogP contribution in [0.1, 0.15) is 0 Å². The van der Waals surface area contributed by atoms with Gasteiger partial charge in [0.2, 0.25) is 0 Å². The Hall–Kier alpha value is -7.62. The molecule has 0 bridgehead atoms. The number of para-hydroxylation sites is 4. The van der Waals surface area contributed by atoms with Crippen molar-refractivity contribution in [3.63, 3.8) is 0 Å². The molecule has 3 aromatic heterocycles. The molecule has 57 heavy (non-hydrogen) atoms. The van der Waals surface area contributed by atoms with E-state index in [1.165, 1.54) is 87.7 Å². The van der Waals surface area contributed by atoms with Crippen LogP contribution in [0.25, 0.3) is 105 Å². The molecule has 0 aliphatic carbocycles. The molecule has 0 N–H and O–H groups in total. The van der Waals surface area contributed by atoms with E-state index in [2.05, 4.69) is 226 Å². The highest BCUT2D eigenvalue weighted by molar-refractivity contribution is 6.24. The Labute approximate surface area is 329 Å². The van der Waals surface area contributed by atoms with E-state index in [0.717, 1.165) is 17.1 Å². The molecule has 266 valence electrons. The van der Waals surface area contributed by atoms with Gasteiger partial charge in [0.1, 0.15) is 0 Å². The first kappa shape index (κ1) is 31.7. The average Bonchev–Trinajstić information content (AvgIpc) is 3.93. The molecule has 0 saturated carbocycles. The first-order valence-corrected chi connectivity index (χ1v) is 19.6. The SMILES string of the molecule is c1ccc(-c2ccc(-n3c4ccccc4c4c(-c5cccc(-n6c7ccccc7c7ccc8c9ccccc9n(-c9ccccc9)c8c76)c5)cccc43)cc2)cc1. The second-order valence-corrected chi connectivity index (χ2v) is 14.9. The van der Waals surface area contributed by atoms with E-state index in [0.29, 0.717) is 0 Å². The van der Waals surface area contributed by atoms with Gasteiger partial charge in [0.05, 0.1) is 33.1 Å². The van der Waals surface area contributed by atoms with Gasteiger partial charge in [-0.25, -0.2) is 0 Å². The van der Waals surface area contributed by atoms with E-state index in [4.69, 9.17) is 0 Å². The van der Waals surface area contributed by atoms with Crippen LogP contribution in [-0.4, -0.2) is 13.7 Å². The number of hydrogen-bond acceptors (Lipinski definition) is 0. The molecule has 0 amide bonds. The molecule has 0 radical (unpaired) electrons. The Morgan fingerprint density at radius 2 is 0.702 bits per heavy atom. The van der Waals surface area contributed by atoms with Crippen molar-refractivity contribution in [3.8, 4) is 39.3 Å². The number of aromatic nitrogens is 3. The van der Waals surface area contributed by atoms with Gasteiger partial charge in [-0.2, -0.15) is 0 Å². The Morgan fingerprint density at radius 1 is 0.246 bits per heavy atom. The molecule has 3 heteroatoms. The maximum absolute atomic E-state index is 2.49. The molecule has 3 nitrogen and oxygen atoms in total. The monoisotopic (exact) mass is 725 g/mol. The molecule has 9 aromatic carbocycles. The molecule has 0 atom stereocenters. The molecule has 0 spiro atoms. The van der Waals surface area contributed by atoms with E-state index in [-0.39, 0.29) is 0 Å². The molecular formula is C54H35N3. The van der Waals surface area contributed by atoms with Crippen molar-refractivity contribution in [1.29, 1.82) is 0 Å². The summed E-state index contributed by atoms with van der Waals surface area (Å²) in [7, 11) is 0. The van der Waals surface area contributed by atoms with Crippen LogP contribution in [0.4, 0.5) is 0 Å². The van der Waals surface area contributed by atoms with Crippen LogP contribution in [0, 0.1) is 0 Å². The van der Waals surface area contributed by atoms with Crippen LogP contribution < -0.4 is 0 Å². The third-order valence-corrected chi connectivity index (χ3v) is 11.8. The zero-order valence-corrected chi connectivity index (χ0v) is 31.0. The second kappa shape index (κ2) is 12.5. The van der Waals surface area contributed by atoms with Gasteiger partial charge in [0.15, 0.2) is 0 Å². The van der Waals surface area contributed by atoms with Crippen LogP contribution in [0.5, 0.6) is 0 Å². The normalized spacial score (nSPS) is 11.9. The lowest BCUT2D eigenvalue weighted by Crippen LogP contribution is -1.99. The lowest BCUT2D eigenvalue weighted by Gasteiger charge is -2.14. The summed E-state index contributed by atoms with van der Waals surface area (Å²) in [4.78, 5) is 0. The largest absolute Gasteiger partial charge is 0.309 e. The molecule has 3 heterocycles. The number of nitrogens with zero attached hydrogens (tertiary/aromatic N) is 3. The van der Waals surface area contributed by atoms with E-state index in [1.807, 2.05) is 0 Å². The van der Waals surface area contributed by atoms with Crippen molar-refractivity contribution in [2.45, 2.75) is 0 Å². The van der Waals surface area contributed by atoms with E-state index >= 15 is 0 Å². The summed E-state index contributed by atoms with van der Waals surface area (Å²) in [5, 5.41) is 7.48. The van der Waals surface area contributed by atoms with Crippen molar-refractivity contribution < 1.29 is 0 Å². The minimum atomic E-state index is 1.13. The van der Waals surface area contributed by atoms with Gasteiger partial charge in [-0.15, -0.1) is 0 Å². The third-order valence-electron chi connectivity index (χ3n) is 11.8. The fourth-order valence-corrected chi connectivity index (χ4v) is 9.40. The fourth-order valence-electron chi connectivity index (χ4n) is 9.40. The maximum Gasteiger partial charge on any atom is 0.0788 e. The zero-order valence-electron chi connectivity index (χ0n) is 31.0. The summed E-state index contributed by atoms with van der Waals surface area (Å²) in [5.41, 5.74) is 15.5. The van der Waals surface area contributed by atoms with Gasteiger partial charge in [-0.3, -0.25) is 0 Å². The van der Waals surface area contributed by atoms with Crippen LogP contribution in [0.15, 0.2) is 212 Å². The van der Waals surface area contributed by atoms with Gasteiger partial charge in [0, 0.05) is 49.4 Å². The summed E-state index contributed by atoms with van der Waals surface area (Å²) >= 11 is 0. The maximum atomic E-state index is 2.49. The summed E-state index contributed by atoms with van der Waals surface area (Å²) in [5.74, 6) is 0. The number of fused-ring (bicyclic) bond motifs is 10. The highest BCUT2D eigenvalue weighted by Crippen LogP contribution is 2.43. The topological polar surface area (TPSA) is 14.8 Å². The smallest absolute Gasteiger partial charge is 0.0788 e. The molecule has 0 saturated heterocycles. The van der Waals surface area contributed by atoms with Gasteiger partial charge < -0.3 is 13.7 Å². The van der Waals surface area contributed by atoms with Crippen LogP contribution >= 0.6 is 0 Å². The quantitative estimate of drug-likeness (QED) is 0.168. The second-order valence-electron chi connectivity index (χ2n) is 14.9. The van der Waals surface area contributed by atoms with Crippen molar-refractivity contribution >= 4 is 65.4 Å². The first-order chi connectivity index (χ1) is 28.3. The lowest BCUT2D eigenvalue weighted by atomic mass is 9.99. The van der Waals surface area contributed by atoms with Crippen LogP contribution in [0.3, 0.4) is 0 Å². The predicted octanol–water partition coefficient (Wildman–Crippen LogP) is 14.3. The number of benzene rings is 9. The Morgan fingerprint density at radius 3 is 1.37 bits per heavy atom.